The first-order valence-electron chi connectivity index (χ1n) is 6.39. The van der Waals surface area contributed by atoms with Crippen LogP contribution in [0.5, 0.6) is 0 Å². The Labute approximate surface area is 119 Å². The zero-order valence-corrected chi connectivity index (χ0v) is 12.7. The minimum absolute atomic E-state index is 0.730. The SMILES string of the molecule is Cc1ccc(CN(C)Cc2c(C)nn(C)c2Cl)cc1. The predicted molar refractivity (Wildman–Crippen MR) is 79.3 cm³/mol. The van der Waals surface area contributed by atoms with E-state index >= 15 is 0 Å². The molecule has 0 radical (unpaired) electrons. The molecule has 2 rings (SSSR count). The van der Waals surface area contributed by atoms with Crippen molar-refractivity contribution in [3.05, 3.63) is 51.8 Å². The van der Waals surface area contributed by atoms with Gasteiger partial charge in [-0.05, 0) is 26.5 Å². The molecule has 102 valence electrons. The highest BCUT2D eigenvalue weighted by Gasteiger charge is 2.13. The Morgan fingerprint density at radius 2 is 1.79 bits per heavy atom. The number of nitrogens with zero attached hydrogens (tertiary/aromatic N) is 3. The summed E-state index contributed by atoms with van der Waals surface area (Å²) >= 11 is 6.26. The second-order valence-electron chi connectivity index (χ2n) is 5.14. The molecule has 0 unspecified atom stereocenters. The van der Waals surface area contributed by atoms with Gasteiger partial charge in [-0.25, -0.2) is 0 Å². The maximum Gasteiger partial charge on any atom is 0.131 e. The molecule has 0 aliphatic carbocycles. The molecule has 3 nitrogen and oxygen atoms in total. The fourth-order valence-electron chi connectivity index (χ4n) is 2.18. The van der Waals surface area contributed by atoms with E-state index in [1.54, 1.807) is 4.68 Å². The first kappa shape index (κ1) is 14.1. The molecule has 0 aliphatic rings. The number of aryl methyl sites for hydroxylation is 3. The lowest BCUT2D eigenvalue weighted by molar-refractivity contribution is 0.318. The Morgan fingerprint density at radius 1 is 1.16 bits per heavy atom. The molecule has 0 saturated carbocycles. The normalized spacial score (nSPS) is 11.3. The van der Waals surface area contributed by atoms with Gasteiger partial charge in [0.1, 0.15) is 5.15 Å². The molecule has 4 heteroatoms. The molecule has 19 heavy (non-hydrogen) atoms. The maximum atomic E-state index is 6.26. The lowest BCUT2D eigenvalue weighted by Gasteiger charge is -2.16. The molecule has 0 bridgehead atoms. The standard InChI is InChI=1S/C15H20ClN3/c1-11-5-7-13(8-6-11)9-18(3)10-14-12(2)17-19(4)15(14)16/h5-8H,9-10H2,1-4H3. The quantitative estimate of drug-likeness (QED) is 0.855. The summed E-state index contributed by atoms with van der Waals surface area (Å²) in [7, 11) is 3.97. The number of aromatic nitrogens is 2. The summed E-state index contributed by atoms with van der Waals surface area (Å²) in [6, 6.07) is 8.63. The summed E-state index contributed by atoms with van der Waals surface area (Å²) in [5.41, 5.74) is 4.71. The van der Waals surface area contributed by atoms with E-state index in [4.69, 9.17) is 11.6 Å². The molecule has 0 saturated heterocycles. The van der Waals surface area contributed by atoms with E-state index in [-0.39, 0.29) is 0 Å². The summed E-state index contributed by atoms with van der Waals surface area (Å²) in [6.45, 7) is 5.82. The van der Waals surface area contributed by atoms with Gasteiger partial charge in [0.15, 0.2) is 0 Å². The van der Waals surface area contributed by atoms with E-state index in [0.29, 0.717) is 0 Å². The third kappa shape index (κ3) is 3.37. The van der Waals surface area contributed by atoms with Crippen molar-refractivity contribution in [2.24, 2.45) is 7.05 Å². The van der Waals surface area contributed by atoms with Crippen molar-refractivity contribution in [3.63, 3.8) is 0 Å². The lowest BCUT2D eigenvalue weighted by Crippen LogP contribution is -2.17. The van der Waals surface area contributed by atoms with Gasteiger partial charge >= 0.3 is 0 Å². The van der Waals surface area contributed by atoms with Crippen molar-refractivity contribution in [1.82, 2.24) is 14.7 Å². The van der Waals surface area contributed by atoms with E-state index < -0.39 is 0 Å². The van der Waals surface area contributed by atoms with Crippen LogP contribution in [-0.2, 0) is 20.1 Å². The van der Waals surface area contributed by atoms with Gasteiger partial charge in [0.05, 0.1) is 5.69 Å². The maximum absolute atomic E-state index is 6.26. The van der Waals surface area contributed by atoms with Gasteiger partial charge in [0, 0.05) is 25.7 Å². The number of hydrogen-bond donors (Lipinski definition) is 0. The van der Waals surface area contributed by atoms with Gasteiger partial charge in [-0.15, -0.1) is 0 Å². The highest BCUT2D eigenvalue weighted by molar-refractivity contribution is 6.30. The first-order chi connectivity index (χ1) is 8.97. The van der Waals surface area contributed by atoms with Gasteiger partial charge in [0.2, 0.25) is 0 Å². The lowest BCUT2D eigenvalue weighted by atomic mass is 10.1. The van der Waals surface area contributed by atoms with Crippen molar-refractivity contribution in [2.45, 2.75) is 26.9 Å². The Bertz CT molecular complexity index is 558. The van der Waals surface area contributed by atoms with Crippen LogP contribution in [0.3, 0.4) is 0 Å². The molecule has 0 aliphatic heterocycles. The summed E-state index contributed by atoms with van der Waals surface area (Å²) < 4.78 is 1.73. The second kappa shape index (κ2) is 5.76. The molecule has 0 spiro atoms. The topological polar surface area (TPSA) is 21.1 Å². The molecule has 0 N–H and O–H groups in total. The van der Waals surface area contributed by atoms with Crippen LogP contribution in [0.4, 0.5) is 0 Å². The molecule has 1 aromatic carbocycles. The fraction of sp³-hybridized carbons (Fsp3) is 0.400. The van der Waals surface area contributed by atoms with Crippen LogP contribution >= 0.6 is 11.6 Å². The minimum Gasteiger partial charge on any atom is -0.298 e. The highest BCUT2D eigenvalue weighted by atomic mass is 35.5. The van der Waals surface area contributed by atoms with Crippen LogP contribution in [-0.4, -0.2) is 21.7 Å². The van der Waals surface area contributed by atoms with Crippen molar-refractivity contribution in [3.8, 4) is 0 Å². The molecule has 2 aromatic rings. The Balaban J connectivity index is 2.05. The predicted octanol–water partition coefficient (Wildman–Crippen LogP) is 3.32. The third-order valence-corrected chi connectivity index (χ3v) is 3.74. The Hall–Kier alpha value is -1.32. The molecule has 0 amide bonds. The number of halogens is 1. The molecule has 0 atom stereocenters. The van der Waals surface area contributed by atoms with Crippen LogP contribution in [0.2, 0.25) is 5.15 Å². The second-order valence-corrected chi connectivity index (χ2v) is 5.49. The van der Waals surface area contributed by atoms with Gasteiger partial charge in [0.25, 0.3) is 0 Å². The van der Waals surface area contributed by atoms with E-state index in [9.17, 15) is 0 Å². The summed E-state index contributed by atoms with van der Waals surface area (Å²) in [5, 5.41) is 5.07. The van der Waals surface area contributed by atoms with Crippen LogP contribution in [0.25, 0.3) is 0 Å². The van der Waals surface area contributed by atoms with Crippen molar-refractivity contribution in [2.75, 3.05) is 7.05 Å². The van der Waals surface area contributed by atoms with E-state index in [1.807, 2.05) is 14.0 Å². The van der Waals surface area contributed by atoms with Crippen molar-refractivity contribution < 1.29 is 0 Å². The van der Waals surface area contributed by atoms with E-state index in [0.717, 1.165) is 29.5 Å². The van der Waals surface area contributed by atoms with Gasteiger partial charge < -0.3 is 0 Å². The molecule has 0 fully saturated rings. The molecule has 1 heterocycles. The van der Waals surface area contributed by atoms with E-state index in [1.165, 1.54) is 11.1 Å². The number of hydrogen-bond acceptors (Lipinski definition) is 2. The number of rotatable bonds is 4. The zero-order chi connectivity index (χ0) is 14.0. The smallest absolute Gasteiger partial charge is 0.131 e. The summed E-state index contributed by atoms with van der Waals surface area (Å²) in [6.07, 6.45) is 0. The Kier molecular flexibility index (Phi) is 4.27. The highest BCUT2D eigenvalue weighted by Crippen LogP contribution is 2.20. The summed E-state index contributed by atoms with van der Waals surface area (Å²) in [5.74, 6) is 0. The van der Waals surface area contributed by atoms with Crippen molar-refractivity contribution in [1.29, 1.82) is 0 Å². The Morgan fingerprint density at radius 3 is 2.32 bits per heavy atom. The van der Waals surface area contributed by atoms with Crippen molar-refractivity contribution >= 4 is 11.6 Å². The van der Waals surface area contributed by atoms with Gasteiger partial charge in [-0.1, -0.05) is 41.4 Å². The fourth-order valence-corrected chi connectivity index (χ4v) is 2.42. The van der Waals surface area contributed by atoms with Gasteiger partial charge in [-0.2, -0.15) is 5.10 Å². The number of benzene rings is 1. The molecular weight excluding hydrogens is 258 g/mol. The monoisotopic (exact) mass is 277 g/mol. The van der Waals surface area contributed by atoms with Crippen LogP contribution in [0.1, 0.15) is 22.4 Å². The molecular formula is C15H20ClN3. The zero-order valence-electron chi connectivity index (χ0n) is 11.9. The third-order valence-electron chi connectivity index (χ3n) is 3.27. The average molecular weight is 278 g/mol. The first-order valence-corrected chi connectivity index (χ1v) is 6.77. The van der Waals surface area contributed by atoms with Crippen LogP contribution in [0.15, 0.2) is 24.3 Å². The van der Waals surface area contributed by atoms with Gasteiger partial charge in [-0.3, -0.25) is 9.58 Å². The van der Waals surface area contributed by atoms with E-state index in [2.05, 4.69) is 48.2 Å². The summed E-state index contributed by atoms with van der Waals surface area (Å²) in [4.78, 5) is 2.25. The van der Waals surface area contributed by atoms with Crippen LogP contribution in [0, 0.1) is 13.8 Å². The largest absolute Gasteiger partial charge is 0.298 e. The molecule has 1 aromatic heterocycles. The average Bonchev–Trinajstić information content (AvgIpc) is 2.59. The minimum atomic E-state index is 0.730. The van der Waals surface area contributed by atoms with Crippen LogP contribution < -0.4 is 0 Å².